The van der Waals surface area contributed by atoms with Crippen molar-refractivity contribution in [2.75, 3.05) is 38.0 Å². The van der Waals surface area contributed by atoms with Gasteiger partial charge in [-0.25, -0.2) is 4.79 Å². The van der Waals surface area contributed by atoms with Gasteiger partial charge in [0.15, 0.2) is 0 Å². The molecule has 0 bridgehead atoms. The van der Waals surface area contributed by atoms with Gasteiger partial charge in [0.2, 0.25) is 5.91 Å². The van der Waals surface area contributed by atoms with Crippen LogP contribution in [0.15, 0.2) is 39.9 Å². The Hall–Kier alpha value is -3.12. The van der Waals surface area contributed by atoms with Crippen molar-refractivity contribution >= 4 is 11.6 Å². The maximum Gasteiger partial charge on any atom is 0.573 e. The number of carbonyl (C=O) groups excluding carboxylic acids is 1. The summed E-state index contributed by atoms with van der Waals surface area (Å²) in [4.78, 5) is 40.3. The van der Waals surface area contributed by atoms with Gasteiger partial charge in [-0.1, -0.05) is 0 Å². The number of halogens is 3. The van der Waals surface area contributed by atoms with Gasteiger partial charge < -0.3 is 10.1 Å². The second-order valence-electron chi connectivity index (χ2n) is 7.55. The Bertz CT molecular complexity index is 1070. The number of rotatable bonds is 6. The van der Waals surface area contributed by atoms with Gasteiger partial charge in [0, 0.05) is 64.3 Å². The van der Waals surface area contributed by atoms with Gasteiger partial charge in [0.05, 0.1) is 6.54 Å². The molecule has 0 saturated carbocycles. The Kier molecular flexibility index (Phi) is 7.04. The predicted molar refractivity (Wildman–Crippen MR) is 110 cm³/mol. The zero-order chi connectivity index (χ0) is 23.5. The number of anilines is 1. The summed E-state index contributed by atoms with van der Waals surface area (Å²) in [6.07, 6.45) is -4.77. The van der Waals surface area contributed by atoms with Crippen LogP contribution < -0.4 is 21.3 Å². The van der Waals surface area contributed by atoms with E-state index in [2.05, 4.69) is 15.0 Å². The fraction of sp³-hybridized carbons (Fsp3) is 0.450. The summed E-state index contributed by atoms with van der Waals surface area (Å²) >= 11 is 0. The van der Waals surface area contributed by atoms with E-state index in [1.165, 1.54) is 29.8 Å². The van der Waals surface area contributed by atoms with Crippen LogP contribution in [0.1, 0.15) is 5.69 Å². The summed E-state index contributed by atoms with van der Waals surface area (Å²) in [6.45, 7) is 3.13. The molecule has 9 nitrogen and oxygen atoms in total. The van der Waals surface area contributed by atoms with E-state index in [0.29, 0.717) is 44.1 Å². The Morgan fingerprint density at radius 1 is 1.00 bits per heavy atom. The monoisotopic (exact) mass is 455 g/mol. The Balaban J connectivity index is 1.47. The van der Waals surface area contributed by atoms with Crippen LogP contribution in [0.2, 0.25) is 0 Å². The Labute approximate surface area is 181 Å². The van der Waals surface area contributed by atoms with E-state index in [9.17, 15) is 27.6 Å². The minimum absolute atomic E-state index is 0.138. The van der Waals surface area contributed by atoms with Crippen LogP contribution in [0, 0.1) is 0 Å². The number of amides is 1. The molecule has 1 N–H and O–H groups in total. The highest BCUT2D eigenvalue weighted by molar-refractivity contribution is 5.92. The largest absolute Gasteiger partial charge is 0.573 e. The van der Waals surface area contributed by atoms with E-state index < -0.39 is 6.36 Å². The van der Waals surface area contributed by atoms with E-state index in [1.54, 1.807) is 7.05 Å². The highest BCUT2D eigenvalue weighted by Gasteiger charge is 2.31. The molecule has 1 saturated heterocycles. The van der Waals surface area contributed by atoms with Crippen molar-refractivity contribution in [3.63, 3.8) is 0 Å². The summed E-state index contributed by atoms with van der Waals surface area (Å²) in [5, 5.41) is 2.65. The summed E-state index contributed by atoms with van der Waals surface area (Å²) in [7, 11) is 3.06. The molecule has 1 fully saturated rings. The molecule has 174 valence electrons. The highest BCUT2D eigenvalue weighted by Crippen LogP contribution is 2.23. The van der Waals surface area contributed by atoms with Crippen molar-refractivity contribution in [2.45, 2.75) is 12.9 Å². The molecule has 0 radical (unpaired) electrons. The molecule has 1 aliphatic heterocycles. The second-order valence-corrected chi connectivity index (χ2v) is 7.55. The SMILES string of the molecule is Cn1c(CN2CCN(CC(=O)Nc3ccc(OC(F)(F)F)cc3)CC2)cc(=O)n(C)c1=O. The number of piperazine rings is 1. The molecule has 2 aromatic rings. The molecule has 12 heteroatoms. The van der Waals surface area contributed by atoms with E-state index in [0.717, 1.165) is 16.7 Å². The summed E-state index contributed by atoms with van der Waals surface area (Å²) in [5.41, 5.74) is 0.272. The van der Waals surface area contributed by atoms with Crippen LogP contribution in [0.5, 0.6) is 5.75 Å². The number of hydrogen-bond acceptors (Lipinski definition) is 6. The lowest BCUT2D eigenvalue weighted by Crippen LogP contribution is -2.49. The molecule has 1 aromatic heterocycles. The number of carbonyl (C=O) groups is 1. The van der Waals surface area contributed by atoms with E-state index in [1.807, 2.05) is 4.90 Å². The van der Waals surface area contributed by atoms with Crippen LogP contribution in [0.25, 0.3) is 0 Å². The lowest BCUT2D eigenvalue weighted by molar-refractivity contribution is -0.274. The lowest BCUT2D eigenvalue weighted by Gasteiger charge is -2.34. The van der Waals surface area contributed by atoms with Gasteiger partial charge in [-0.2, -0.15) is 0 Å². The molecule has 3 rings (SSSR count). The molecular formula is C20H24F3N5O4. The number of ether oxygens (including phenoxy) is 1. The average Bonchev–Trinajstić information content (AvgIpc) is 2.72. The summed E-state index contributed by atoms with van der Waals surface area (Å²) < 4.78 is 42.9. The number of hydrogen-bond donors (Lipinski definition) is 1. The van der Waals surface area contributed by atoms with Crippen LogP contribution in [-0.2, 0) is 25.4 Å². The van der Waals surface area contributed by atoms with Crippen molar-refractivity contribution in [1.82, 2.24) is 18.9 Å². The van der Waals surface area contributed by atoms with Gasteiger partial charge in [-0.15, -0.1) is 13.2 Å². The smallest absolute Gasteiger partial charge is 0.406 e. The zero-order valence-electron chi connectivity index (χ0n) is 17.7. The van der Waals surface area contributed by atoms with Gasteiger partial charge in [-0.3, -0.25) is 28.5 Å². The predicted octanol–water partition coefficient (Wildman–Crippen LogP) is 0.739. The lowest BCUT2D eigenvalue weighted by atomic mass is 10.2. The molecule has 0 aliphatic carbocycles. The first kappa shape index (κ1) is 23.5. The fourth-order valence-electron chi connectivity index (χ4n) is 3.41. The summed E-state index contributed by atoms with van der Waals surface area (Å²) in [5.74, 6) is -0.641. The molecule has 1 aliphatic rings. The molecule has 0 spiro atoms. The Morgan fingerprint density at radius 2 is 1.59 bits per heavy atom. The molecule has 2 heterocycles. The fourth-order valence-corrected chi connectivity index (χ4v) is 3.41. The van der Waals surface area contributed by atoms with Crippen molar-refractivity contribution in [1.29, 1.82) is 0 Å². The number of benzene rings is 1. The van der Waals surface area contributed by atoms with E-state index in [-0.39, 0.29) is 29.5 Å². The Morgan fingerprint density at radius 3 is 2.19 bits per heavy atom. The van der Waals surface area contributed by atoms with Gasteiger partial charge >= 0.3 is 12.1 Å². The average molecular weight is 455 g/mol. The molecule has 1 aromatic carbocycles. The second kappa shape index (κ2) is 9.57. The van der Waals surface area contributed by atoms with E-state index >= 15 is 0 Å². The van der Waals surface area contributed by atoms with Crippen molar-refractivity contribution in [3.8, 4) is 5.75 Å². The minimum Gasteiger partial charge on any atom is -0.406 e. The van der Waals surface area contributed by atoms with Gasteiger partial charge in [-0.05, 0) is 24.3 Å². The van der Waals surface area contributed by atoms with Crippen molar-refractivity contribution < 1.29 is 22.7 Å². The third-order valence-corrected chi connectivity index (χ3v) is 5.21. The molecular weight excluding hydrogens is 431 g/mol. The standard InChI is InChI=1S/C20H24F3N5O4/c1-25-15(11-18(30)26(2)19(25)31)12-27-7-9-28(10-8-27)13-17(29)24-14-3-5-16(6-4-14)32-20(21,22)23/h3-6,11H,7-10,12-13H2,1-2H3,(H,24,29). The third-order valence-electron chi connectivity index (χ3n) is 5.21. The number of nitrogens with one attached hydrogen (secondary N) is 1. The normalized spacial score (nSPS) is 15.5. The maximum absolute atomic E-state index is 12.3. The van der Waals surface area contributed by atoms with Crippen LogP contribution >= 0.6 is 0 Å². The highest BCUT2D eigenvalue weighted by atomic mass is 19.4. The van der Waals surface area contributed by atoms with Crippen LogP contribution in [0.4, 0.5) is 18.9 Å². The number of alkyl halides is 3. The molecule has 0 atom stereocenters. The van der Waals surface area contributed by atoms with Crippen molar-refractivity contribution in [3.05, 3.63) is 56.9 Å². The minimum atomic E-state index is -4.77. The van der Waals surface area contributed by atoms with Crippen LogP contribution in [-0.4, -0.2) is 63.9 Å². The topological polar surface area (TPSA) is 88.8 Å². The number of aromatic nitrogens is 2. The van der Waals surface area contributed by atoms with Crippen LogP contribution in [0.3, 0.4) is 0 Å². The molecule has 0 unspecified atom stereocenters. The van der Waals surface area contributed by atoms with Gasteiger partial charge in [0.25, 0.3) is 5.56 Å². The van der Waals surface area contributed by atoms with Crippen molar-refractivity contribution in [2.24, 2.45) is 14.1 Å². The first-order valence-corrected chi connectivity index (χ1v) is 9.88. The zero-order valence-corrected chi connectivity index (χ0v) is 17.7. The molecule has 32 heavy (non-hydrogen) atoms. The van der Waals surface area contributed by atoms with Gasteiger partial charge in [0.1, 0.15) is 5.75 Å². The maximum atomic E-state index is 12.3. The first-order chi connectivity index (χ1) is 15.0. The summed E-state index contributed by atoms with van der Waals surface area (Å²) in [6, 6.07) is 6.39. The van der Waals surface area contributed by atoms with E-state index in [4.69, 9.17) is 0 Å². The third kappa shape index (κ3) is 6.20. The first-order valence-electron chi connectivity index (χ1n) is 9.88. The molecule has 1 amide bonds. The quantitative estimate of drug-likeness (QED) is 0.692. The number of nitrogens with zero attached hydrogens (tertiary/aromatic N) is 4.